The van der Waals surface area contributed by atoms with E-state index in [0.717, 1.165) is 6.07 Å². The molecule has 1 amide bonds. The van der Waals surface area contributed by atoms with Gasteiger partial charge >= 0.3 is 10.2 Å². The molecule has 0 saturated carbocycles. The zero-order chi connectivity index (χ0) is 16.6. The molecule has 0 bridgehead atoms. The van der Waals surface area contributed by atoms with Gasteiger partial charge in [-0.15, -0.1) is 0 Å². The molecular weight excluding hydrogens is 329 g/mol. The van der Waals surface area contributed by atoms with Gasteiger partial charge in [0.2, 0.25) is 5.82 Å². The van der Waals surface area contributed by atoms with Crippen LogP contribution >= 0.6 is 0 Å². The van der Waals surface area contributed by atoms with E-state index in [9.17, 15) is 22.7 Å². The number of anilines is 1. The van der Waals surface area contributed by atoms with Gasteiger partial charge in [0, 0.05) is 0 Å². The van der Waals surface area contributed by atoms with Crippen molar-refractivity contribution in [2.75, 3.05) is 10.8 Å². The number of carbonyl (C=O) groups is 1. The molecule has 1 aliphatic rings. The minimum atomic E-state index is -4.25. The maximum atomic E-state index is 14.5. The van der Waals surface area contributed by atoms with Gasteiger partial charge in [-0.2, -0.15) is 13.5 Å². The third-order valence-corrected chi connectivity index (χ3v) is 4.27. The predicted molar refractivity (Wildman–Crippen MR) is 74.8 cm³/mol. The Bertz CT molecular complexity index is 946. The van der Waals surface area contributed by atoms with E-state index in [0.29, 0.717) is 4.31 Å². The molecule has 0 spiro atoms. The van der Waals surface area contributed by atoms with E-state index in [4.69, 9.17) is 0 Å². The number of nitrogens with one attached hydrogen (secondary N) is 2. The smallest absolute Gasteiger partial charge is 0.326 e. The molecule has 1 saturated heterocycles. The van der Waals surface area contributed by atoms with Crippen molar-refractivity contribution in [2.24, 2.45) is 0 Å². The SMILES string of the molecule is O=C1CN(c2c(O)ccc(C#Cc3ncn[nH]3)c2F)S(=O)(=O)N1. The Balaban J connectivity index is 2.08. The average molecular weight is 337 g/mol. The van der Waals surface area contributed by atoms with Crippen LogP contribution < -0.4 is 9.03 Å². The van der Waals surface area contributed by atoms with E-state index in [1.165, 1.54) is 12.4 Å². The molecule has 1 aliphatic heterocycles. The van der Waals surface area contributed by atoms with E-state index < -0.39 is 39.9 Å². The van der Waals surface area contributed by atoms with Crippen molar-refractivity contribution in [3.05, 3.63) is 35.7 Å². The van der Waals surface area contributed by atoms with Crippen molar-refractivity contribution in [3.8, 4) is 17.6 Å². The number of amides is 1. The van der Waals surface area contributed by atoms with Crippen molar-refractivity contribution in [1.29, 1.82) is 0 Å². The van der Waals surface area contributed by atoms with Crippen molar-refractivity contribution in [1.82, 2.24) is 19.9 Å². The van der Waals surface area contributed by atoms with Gasteiger partial charge in [0.1, 0.15) is 24.3 Å². The number of H-pyrrole nitrogens is 1. The summed E-state index contributed by atoms with van der Waals surface area (Å²) in [5.41, 5.74) is -0.823. The number of phenolic OH excluding ortho intramolecular Hbond substituents is 1. The molecule has 2 heterocycles. The Hall–Kier alpha value is -3.13. The fourth-order valence-corrected chi connectivity index (χ4v) is 3.09. The Morgan fingerprint density at radius 3 is 2.74 bits per heavy atom. The molecular formula is C12H8FN5O4S. The minimum absolute atomic E-state index is 0.177. The van der Waals surface area contributed by atoms with Crippen LogP contribution in [-0.2, 0) is 15.0 Å². The van der Waals surface area contributed by atoms with Gasteiger partial charge < -0.3 is 5.11 Å². The molecule has 1 aromatic heterocycles. The summed E-state index contributed by atoms with van der Waals surface area (Å²) in [5, 5.41) is 15.8. The average Bonchev–Trinajstić information content (AvgIpc) is 3.06. The number of phenols is 1. The summed E-state index contributed by atoms with van der Waals surface area (Å²) >= 11 is 0. The standard InChI is InChI=1S/C12H8FN5O4S/c13-11-7(2-4-9-14-6-15-16-9)1-3-8(19)12(11)18-5-10(20)17-23(18,21)22/h1,3,6,19H,5H2,(H,17,20)(H,14,15,16). The van der Waals surface area contributed by atoms with Crippen molar-refractivity contribution < 1.29 is 22.7 Å². The molecule has 0 atom stereocenters. The maximum Gasteiger partial charge on any atom is 0.326 e. The molecule has 3 rings (SSSR count). The third kappa shape index (κ3) is 2.67. The molecule has 9 nitrogen and oxygen atoms in total. The summed E-state index contributed by atoms with van der Waals surface area (Å²) in [5.74, 6) is 2.60. The quantitative estimate of drug-likeness (QED) is 0.586. The van der Waals surface area contributed by atoms with Crippen LogP contribution in [0.25, 0.3) is 0 Å². The second kappa shape index (κ2) is 5.25. The molecule has 118 valence electrons. The fraction of sp³-hybridized carbons (Fsp3) is 0.0833. The number of hydrogen-bond acceptors (Lipinski definition) is 6. The van der Waals surface area contributed by atoms with E-state index in [-0.39, 0.29) is 11.4 Å². The molecule has 0 aliphatic carbocycles. The second-order valence-electron chi connectivity index (χ2n) is 4.42. The molecule has 23 heavy (non-hydrogen) atoms. The largest absolute Gasteiger partial charge is 0.506 e. The molecule has 3 N–H and O–H groups in total. The van der Waals surface area contributed by atoms with E-state index in [2.05, 4.69) is 27.0 Å². The number of benzene rings is 1. The Labute approximate surface area is 129 Å². The van der Waals surface area contributed by atoms with Crippen molar-refractivity contribution in [3.63, 3.8) is 0 Å². The first-order valence-corrected chi connectivity index (χ1v) is 7.54. The monoisotopic (exact) mass is 337 g/mol. The number of hydrogen-bond donors (Lipinski definition) is 3. The zero-order valence-electron chi connectivity index (χ0n) is 11.2. The molecule has 0 radical (unpaired) electrons. The Morgan fingerprint density at radius 1 is 1.35 bits per heavy atom. The van der Waals surface area contributed by atoms with Gasteiger partial charge in [0.05, 0.1) is 5.56 Å². The van der Waals surface area contributed by atoms with Crippen LogP contribution in [0.3, 0.4) is 0 Å². The Morgan fingerprint density at radius 2 is 2.13 bits per heavy atom. The number of nitrogens with zero attached hydrogens (tertiary/aromatic N) is 3. The summed E-state index contributed by atoms with van der Waals surface area (Å²) < 4.78 is 40.2. The number of carbonyl (C=O) groups excluding carboxylic acids is 1. The van der Waals surface area contributed by atoms with Crippen molar-refractivity contribution in [2.45, 2.75) is 0 Å². The highest BCUT2D eigenvalue weighted by atomic mass is 32.2. The topological polar surface area (TPSA) is 128 Å². The van der Waals surface area contributed by atoms with Gasteiger partial charge in [-0.3, -0.25) is 9.89 Å². The summed E-state index contributed by atoms with van der Waals surface area (Å²) in [6.45, 7) is -0.633. The number of aromatic amines is 1. The lowest BCUT2D eigenvalue weighted by Crippen LogP contribution is -2.30. The first-order chi connectivity index (χ1) is 10.9. The van der Waals surface area contributed by atoms with Gasteiger partial charge in [-0.25, -0.2) is 18.4 Å². The van der Waals surface area contributed by atoms with E-state index in [1.807, 2.05) is 0 Å². The summed E-state index contributed by atoms with van der Waals surface area (Å²) in [4.78, 5) is 15.0. The molecule has 11 heteroatoms. The fourth-order valence-electron chi connectivity index (χ4n) is 1.93. The van der Waals surface area contributed by atoms with Crippen LogP contribution in [-0.4, -0.2) is 41.2 Å². The number of aromatic hydroxyl groups is 1. The normalized spacial score (nSPS) is 15.9. The van der Waals surface area contributed by atoms with Crippen molar-refractivity contribution >= 4 is 21.8 Å². The highest BCUT2D eigenvalue weighted by Crippen LogP contribution is 2.34. The van der Waals surface area contributed by atoms with Gasteiger partial charge in [-0.05, 0) is 18.1 Å². The van der Waals surface area contributed by atoms with Crippen LogP contribution in [0.1, 0.15) is 11.4 Å². The van der Waals surface area contributed by atoms with Gasteiger partial charge in [-0.1, -0.05) is 5.92 Å². The molecule has 1 aromatic carbocycles. The van der Waals surface area contributed by atoms with Crippen LogP contribution in [0.4, 0.5) is 10.1 Å². The van der Waals surface area contributed by atoms with Gasteiger partial charge in [0.25, 0.3) is 5.91 Å². The lowest BCUT2D eigenvalue weighted by atomic mass is 10.1. The van der Waals surface area contributed by atoms with E-state index in [1.54, 1.807) is 4.72 Å². The lowest BCUT2D eigenvalue weighted by Gasteiger charge is -2.17. The van der Waals surface area contributed by atoms with Crippen LogP contribution in [0.15, 0.2) is 18.5 Å². The first kappa shape index (κ1) is 14.8. The number of rotatable bonds is 1. The second-order valence-corrected chi connectivity index (χ2v) is 6.01. The highest BCUT2D eigenvalue weighted by Gasteiger charge is 2.37. The summed E-state index contributed by atoms with van der Waals surface area (Å²) in [6.07, 6.45) is 1.22. The molecule has 2 aromatic rings. The zero-order valence-corrected chi connectivity index (χ0v) is 12.1. The number of aromatic nitrogens is 3. The lowest BCUT2D eigenvalue weighted by molar-refractivity contribution is -0.117. The Kier molecular flexibility index (Phi) is 3.38. The first-order valence-electron chi connectivity index (χ1n) is 6.10. The third-order valence-electron chi connectivity index (χ3n) is 2.90. The molecule has 0 unspecified atom stereocenters. The summed E-state index contributed by atoms with van der Waals surface area (Å²) in [7, 11) is -4.25. The summed E-state index contributed by atoms with van der Waals surface area (Å²) in [6, 6.07) is 2.26. The highest BCUT2D eigenvalue weighted by molar-refractivity contribution is 7.92. The number of halogens is 1. The molecule has 1 fully saturated rings. The van der Waals surface area contributed by atoms with Gasteiger partial charge in [0.15, 0.2) is 5.82 Å². The van der Waals surface area contributed by atoms with E-state index >= 15 is 0 Å². The van der Waals surface area contributed by atoms with Crippen LogP contribution in [0.5, 0.6) is 5.75 Å². The van der Waals surface area contributed by atoms with Crippen LogP contribution in [0.2, 0.25) is 0 Å². The maximum absolute atomic E-state index is 14.5. The van der Waals surface area contributed by atoms with Crippen LogP contribution in [0, 0.1) is 17.7 Å². The minimum Gasteiger partial charge on any atom is -0.506 e. The predicted octanol–water partition coefficient (Wildman–Crippen LogP) is -0.770.